The number of ether oxygens (including phenoxy) is 3. The van der Waals surface area contributed by atoms with Gasteiger partial charge in [-0.15, -0.1) is 11.4 Å². The second kappa shape index (κ2) is 13.0. The average molecular weight is 586 g/mol. The molecule has 0 spiro atoms. The van der Waals surface area contributed by atoms with Crippen LogP contribution in [-0.2, 0) is 20.8 Å². The molecule has 0 aliphatic heterocycles. The first-order valence-corrected chi connectivity index (χ1v) is 13.9. The van der Waals surface area contributed by atoms with Gasteiger partial charge in [0.25, 0.3) is 5.56 Å². The van der Waals surface area contributed by atoms with E-state index in [1.165, 1.54) is 60.1 Å². The molecule has 0 bridgehead atoms. The van der Waals surface area contributed by atoms with Gasteiger partial charge in [0.1, 0.15) is 33.5 Å². The van der Waals surface area contributed by atoms with Crippen molar-refractivity contribution in [2.45, 2.75) is 52.3 Å². The van der Waals surface area contributed by atoms with E-state index in [1.807, 2.05) is 6.92 Å². The van der Waals surface area contributed by atoms with E-state index in [2.05, 4.69) is 16.8 Å². The normalized spacial score (nSPS) is 12.8. The molecule has 41 heavy (non-hydrogen) atoms. The minimum atomic E-state index is -1.20. The number of halogens is 1. The number of aromatic nitrogens is 5. The minimum absolute atomic E-state index is 0.0912. The molecule has 218 valence electrons. The Kier molecular flexibility index (Phi) is 9.50. The second-order valence-electron chi connectivity index (χ2n) is 9.29. The zero-order valence-electron chi connectivity index (χ0n) is 23.3. The van der Waals surface area contributed by atoms with E-state index < -0.39 is 35.2 Å². The highest BCUT2D eigenvalue weighted by Crippen LogP contribution is 2.34. The summed E-state index contributed by atoms with van der Waals surface area (Å²) in [6, 6.07) is 2.80. The molecule has 3 heterocycles. The van der Waals surface area contributed by atoms with Gasteiger partial charge in [0.15, 0.2) is 0 Å². The molecule has 0 amide bonds. The number of benzene rings is 1. The topological polar surface area (TPSA) is 119 Å². The number of carbonyl (C=O) groups is 1. The summed E-state index contributed by atoms with van der Waals surface area (Å²) in [7, 11) is 1.45. The van der Waals surface area contributed by atoms with Gasteiger partial charge in [0.05, 0.1) is 44.6 Å². The maximum absolute atomic E-state index is 14.4. The molecule has 0 aliphatic carbocycles. The number of rotatable bonds is 13. The highest BCUT2D eigenvalue weighted by atomic mass is 32.1. The van der Waals surface area contributed by atoms with Gasteiger partial charge in [-0.3, -0.25) is 9.36 Å². The standard InChI is InChI=1S/C28H32FN5O6S/c1-6-8-14-40-27(36)18(4)33-24(35)23-17(3)25(34-30-11-12-31-34)41-26(23)32(28(33)37)16-22(39-13-7-2)20-15-19(29)9-10-21(20)38-5/h7,9-12,15,18,22H,2,6,8,13-14,16H2,1,3-5H3/t18?,22-/m0/s1. The van der Waals surface area contributed by atoms with Crippen LogP contribution < -0.4 is 16.0 Å². The number of methoxy groups -OCH3 is 1. The van der Waals surface area contributed by atoms with Gasteiger partial charge in [-0.05, 0) is 38.5 Å². The Morgan fingerprint density at radius 1 is 1.24 bits per heavy atom. The van der Waals surface area contributed by atoms with Crippen molar-refractivity contribution in [3.63, 3.8) is 0 Å². The minimum Gasteiger partial charge on any atom is -0.496 e. The number of unbranched alkanes of at least 4 members (excludes halogenated alkanes) is 1. The summed E-state index contributed by atoms with van der Waals surface area (Å²) in [5.41, 5.74) is -0.486. The monoisotopic (exact) mass is 585 g/mol. The summed E-state index contributed by atoms with van der Waals surface area (Å²) in [5.74, 6) is -0.857. The van der Waals surface area contributed by atoms with E-state index in [0.29, 0.717) is 33.1 Å². The lowest BCUT2D eigenvalue weighted by Crippen LogP contribution is -2.44. The number of aryl methyl sites for hydroxylation is 1. The third-order valence-electron chi connectivity index (χ3n) is 6.59. The predicted octanol–water partition coefficient (Wildman–Crippen LogP) is 4.11. The SMILES string of the molecule is C=CCO[C@@H](Cn1c(=O)n(C(C)C(=O)OCCCC)c(=O)c2c(C)c(-n3nccn3)sc21)c1cc(F)ccc1OC. The lowest BCUT2D eigenvalue weighted by atomic mass is 10.1. The molecule has 3 aromatic heterocycles. The number of hydrogen-bond acceptors (Lipinski definition) is 9. The molecule has 4 rings (SSSR count). The van der Waals surface area contributed by atoms with Crippen molar-refractivity contribution >= 4 is 27.5 Å². The molecule has 0 saturated carbocycles. The summed E-state index contributed by atoms with van der Waals surface area (Å²) in [6.07, 6.45) is 5.11. The van der Waals surface area contributed by atoms with Crippen LogP contribution in [0.15, 0.2) is 52.8 Å². The molecule has 0 fully saturated rings. The molecule has 0 aliphatic rings. The van der Waals surface area contributed by atoms with Gasteiger partial charge >= 0.3 is 11.7 Å². The summed E-state index contributed by atoms with van der Waals surface area (Å²) in [4.78, 5) is 42.5. The molecule has 0 N–H and O–H groups in total. The third-order valence-corrected chi connectivity index (χ3v) is 7.87. The zero-order valence-corrected chi connectivity index (χ0v) is 24.1. The highest BCUT2D eigenvalue weighted by molar-refractivity contribution is 7.21. The van der Waals surface area contributed by atoms with Crippen LogP contribution in [0, 0.1) is 12.7 Å². The molecule has 1 unspecified atom stereocenters. The van der Waals surface area contributed by atoms with Gasteiger partial charge < -0.3 is 14.2 Å². The summed E-state index contributed by atoms with van der Waals surface area (Å²) < 4.78 is 33.4. The number of thiophene rings is 1. The van der Waals surface area contributed by atoms with Crippen LogP contribution in [0.25, 0.3) is 15.2 Å². The summed E-state index contributed by atoms with van der Waals surface area (Å²) in [6.45, 7) is 8.96. The van der Waals surface area contributed by atoms with Crippen molar-refractivity contribution in [1.82, 2.24) is 24.1 Å². The number of carbonyl (C=O) groups excluding carboxylic acids is 1. The van der Waals surface area contributed by atoms with Crippen molar-refractivity contribution in [3.8, 4) is 10.8 Å². The second-order valence-corrected chi connectivity index (χ2v) is 10.3. The van der Waals surface area contributed by atoms with E-state index in [4.69, 9.17) is 14.2 Å². The largest absolute Gasteiger partial charge is 0.496 e. The van der Waals surface area contributed by atoms with Crippen molar-refractivity contribution in [2.24, 2.45) is 0 Å². The van der Waals surface area contributed by atoms with E-state index in [1.54, 1.807) is 6.92 Å². The van der Waals surface area contributed by atoms with Gasteiger partial charge in [0, 0.05) is 11.1 Å². The molecule has 1 aromatic carbocycles. The van der Waals surface area contributed by atoms with Gasteiger partial charge in [-0.2, -0.15) is 10.2 Å². The Balaban J connectivity index is 1.96. The first-order valence-electron chi connectivity index (χ1n) is 13.1. The number of esters is 1. The van der Waals surface area contributed by atoms with Crippen molar-refractivity contribution < 1.29 is 23.4 Å². The predicted molar refractivity (Wildman–Crippen MR) is 152 cm³/mol. The maximum Gasteiger partial charge on any atom is 0.333 e. The summed E-state index contributed by atoms with van der Waals surface area (Å²) >= 11 is 1.15. The molecular formula is C28H32FN5O6S. The molecule has 11 nitrogen and oxygen atoms in total. The first kappa shape index (κ1) is 29.9. The lowest BCUT2D eigenvalue weighted by molar-refractivity contribution is -0.147. The zero-order chi connectivity index (χ0) is 29.7. The Bertz CT molecular complexity index is 1660. The first-order chi connectivity index (χ1) is 19.7. The van der Waals surface area contributed by atoms with Crippen molar-refractivity contribution in [3.05, 3.63) is 81.0 Å². The maximum atomic E-state index is 14.4. The van der Waals surface area contributed by atoms with Gasteiger partial charge in [-0.1, -0.05) is 30.8 Å². The Morgan fingerprint density at radius 3 is 2.63 bits per heavy atom. The Labute approximate surface area is 239 Å². The molecule has 4 aromatic rings. The van der Waals surface area contributed by atoms with Crippen LogP contribution in [-0.4, -0.2) is 50.4 Å². The summed E-state index contributed by atoms with van der Waals surface area (Å²) in [5, 5.41) is 9.12. The third kappa shape index (κ3) is 6.00. The number of fused-ring (bicyclic) bond motifs is 1. The van der Waals surface area contributed by atoms with Crippen LogP contribution >= 0.6 is 11.3 Å². The number of nitrogens with zero attached hydrogens (tertiary/aromatic N) is 5. The van der Waals surface area contributed by atoms with Crippen molar-refractivity contribution in [2.75, 3.05) is 20.3 Å². The smallest absolute Gasteiger partial charge is 0.333 e. The fourth-order valence-electron chi connectivity index (χ4n) is 4.46. The Morgan fingerprint density at radius 2 is 1.98 bits per heavy atom. The van der Waals surface area contributed by atoms with Gasteiger partial charge in [-0.25, -0.2) is 18.5 Å². The molecule has 2 atom stereocenters. The highest BCUT2D eigenvalue weighted by Gasteiger charge is 2.29. The fraction of sp³-hybridized carbons (Fsp3) is 0.393. The van der Waals surface area contributed by atoms with Crippen LogP contribution in [0.3, 0.4) is 0 Å². The van der Waals surface area contributed by atoms with Crippen LogP contribution in [0.4, 0.5) is 4.39 Å². The van der Waals surface area contributed by atoms with E-state index in [0.717, 1.165) is 22.3 Å². The Hall–Kier alpha value is -4.10. The van der Waals surface area contributed by atoms with Crippen molar-refractivity contribution in [1.29, 1.82) is 0 Å². The van der Waals surface area contributed by atoms with E-state index >= 15 is 0 Å². The lowest BCUT2D eigenvalue weighted by Gasteiger charge is -2.23. The van der Waals surface area contributed by atoms with Crippen LogP contribution in [0.1, 0.15) is 50.0 Å². The molecule has 0 radical (unpaired) electrons. The molecular weight excluding hydrogens is 553 g/mol. The fourth-order valence-corrected chi connectivity index (χ4v) is 5.68. The quantitative estimate of drug-likeness (QED) is 0.131. The average Bonchev–Trinajstić information content (AvgIpc) is 3.61. The van der Waals surface area contributed by atoms with E-state index in [9.17, 15) is 18.8 Å². The van der Waals surface area contributed by atoms with Crippen LogP contribution in [0.5, 0.6) is 5.75 Å². The molecule has 13 heteroatoms. The van der Waals surface area contributed by atoms with Gasteiger partial charge in [0.2, 0.25) is 0 Å². The van der Waals surface area contributed by atoms with Crippen LogP contribution in [0.2, 0.25) is 0 Å². The van der Waals surface area contributed by atoms with E-state index in [-0.39, 0.29) is 25.1 Å². The number of hydrogen-bond donors (Lipinski definition) is 0. The molecule has 0 saturated heterocycles.